The summed E-state index contributed by atoms with van der Waals surface area (Å²) in [5.74, 6) is 1.72. The van der Waals surface area contributed by atoms with Gasteiger partial charge in [0.2, 0.25) is 0 Å². The van der Waals surface area contributed by atoms with Crippen molar-refractivity contribution in [3.63, 3.8) is 0 Å². The Morgan fingerprint density at radius 1 is 1.38 bits per heavy atom. The number of piperidine rings is 1. The van der Waals surface area contributed by atoms with Gasteiger partial charge in [0.25, 0.3) is 0 Å². The number of fused-ring (bicyclic) bond motifs is 1. The van der Waals surface area contributed by atoms with Gasteiger partial charge < -0.3 is 15.0 Å². The first-order chi connectivity index (χ1) is 7.86. The maximum atomic E-state index is 9.90. The number of aliphatic hydroxyl groups excluding tert-OH is 1. The lowest BCUT2D eigenvalue weighted by atomic mass is 9.98. The Labute approximate surface area is 95.7 Å². The summed E-state index contributed by atoms with van der Waals surface area (Å²) in [5, 5.41) is 13.3. The van der Waals surface area contributed by atoms with Gasteiger partial charge in [0.15, 0.2) is 0 Å². The first-order valence-corrected chi connectivity index (χ1v) is 6.30. The molecule has 1 aromatic rings. The van der Waals surface area contributed by atoms with Gasteiger partial charge >= 0.3 is 0 Å². The van der Waals surface area contributed by atoms with Crippen LogP contribution in [0.4, 0.5) is 0 Å². The standard InChI is InChI=1S/C12H19N3O/c16-11-4-2-6-15-10(11)8-14-12(15)9-3-1-5-13-7-9/h8-9,11,13,16H,1-7H2. The molecule has 4 nitrogen and oxygen atoms in total. The maximum Gasteiger partial charge on any atom is 0.113 e. The van der Waals surface area contributed by atoms with Crippen LogP contribution in [0.15, 0.2) is 6.20 Å². The van der Waals surface area contributed by atoms with Crippen LogP contribution in [0.1, 0.15) is 49.2 Å². The monoisotopic (exact) mass is 221 g/mol. The summed E-state index contributed by atoms with van der Waals surface area (Å²) < 4.78 is 2.24. The van der Waals surface area contributed by atoms with Gasteiger partial charge in [-0.2, -0.15) is 0 Å². The van der Waals surface area contributed by atoms with Crippen molar-refractivity contribution in [2.24, 2.45) is 0 Å². The average Bonchev–Trinajstić information content (AvgIpc) is 2.75. The third-order valence-electron chi connectivity index (χ3n) is 3.78. The Balaban J connectivity index is 1.89. The third kappa shape index (κ3) is 1.66. The topological polar surface area (TPSA) is 50.1 Å². The second kappa shape index (κ2) is 4.18. The minimum atomic E-state index is -0.299. The zero-order valence-electron chi connectivity index (χ0n) is 9.52. The van der Waals surface area contributed by atoms with E-state index in [-0.39, 0.29) is 6.10 Å². The second-order valence-corrected chi connectivity index (χ2v) is 4.89. The molecular weight excluding hydrogens is 202 g/mol. The van der Waals surface area contributed by atoms with Crippen LogP contribution in [0.2, 0.25) is 0 Å². The lowest BCUT2D eigenvalue weighted by Crippen LogP contribution is -2.30. The molecule has 16 heavy (non-hydrogen) atoms. The van der Waals surface area contributed by atoms with Gasteiger partial charge in [0.05, 0.1) is 18.0 Å². The molecular formula is C12H19N3O. The number of hydrogen-bond acceptors (Lipinski definition) is 3. The molecule has 2 aliphatic rings. The molecule has 2 aliphatic heterocycles. The smallest absolute Gasteiger partial charge is 0.113 e. The van der Waals surface area contributed by atoms with E-state index >= 15 is 0 Å². The van der Waals surface area contributed by atoms with E-state index in [2.05, 4.69) is 14.9 Å². The Bertz CT molecular complexity index is 368. The van der Waals surface area contributed by atoms with Crippen molar-refractivity contribution in [3.05, 3.63) is 17.7 Å². The van der Waals surface area contributed by atoms with Crippen molar-refractivity contribution < 1.29 is 5.11 Å². The number of nitrogens with zero attached hydrogens (tertiary/aromatic N) is 2. The van der Waals surface area contributed by atoms with Crippen LogP contribution in [0.3, 0.4) is 0 Å². The highest BCUT2D eigenvalue weighted by molar-refractivity contribution is 5.14. The molecule has 0 amide bonds. The number of imidazole rings is 1. The molecule has 0 aliphatic carbocycles. The summed E-state index contributed by atoms with van der Waals surface area (Å²) >= 11 is 0. The molecule has 1 saturated heterocycles. The highest BCUT2D eigenvalue weighted by Crippen LogP contribution is 2.30. The number of nitrogens with one attached hydrogen (secondary N) is 1. The van der Waals surface area contributed by atoms with E-state index in [1.165, 1.54) is 18.7 Å². The fourth-order valence-electron chi connectivity index (χ4n) is 2.90. The molecule has 2 atom stereocenters. The number of hydrogen-bond donors (Lipinski definition) is 2. The van der Waals surface area contributed by atoms with Crippen LogP contribution in [0.5, 0.6) is 0 Å². The van der Waals surface area contributed by atoms with Crippen LogP contribution >= 0.6 is 0 Å². The zero-order chi connectivity index (χ0) is 11.0. The summed E-state index contributed by atoms with van der Waals surface area (Å²) in [7, 11) is 0. The van der Waals surface area contributed by atoms with Crippen LogP contribution in [-0.2, 0) is 6.54 Å². The zero-order valence-corrected chi connectivity index (χ0v) is 9.52. The van der Waals surface area contributed by atoms with Crippen LogP contribution in [0, 0.1) is 0 Å². The van der Waals surface area contributed by atoms with Crippen molar-refractivity contribution in [3.8, 4) is 0 Å². The molecule has 1 aromatic heterocycles. The summed E-state index contributed by atoms with van der Waals surface area (Å²) in [6.07, 6.45) is 5.97. The van der Waals surface area contributed by atoms with E-state index in [4.69, 9.17) is 0 Å². The molecule has 0 aromatic carbocycles. The van der Waals surface area contributed by atoms with Gasteiger partial charge in [-0.15, -0.1) is 0 Å². The molecule has 0 bridgehead atoms. The van der Waals surface area contributed by atoms with E-state index in [0.717, 1.165) is 38.2 Å². The first-order valence-electron chi connectivity index (χ1n) is 6.30. The number of rotatable bonds is 1. The van der Waals surface area contributed by atoms with E-state index in [1.54, 1.807) is 0 Å². The minimum absolute atomic E-state index is 0.299. The predicted octanol–water partition coefficient (Wildman–Crippen LogP) is 1.18. The molecule has 0 spiro atoms. The second-order valence-electron chi connectivity index (χ2n) is 4.89. The van der Waals surface area contributed by atoms with E-state index in [0.29, 0.717) is 5.92 Å². The van der Waals surface area contributed by atoms with Gasteiger partial charge in [0.1, 0.15) is 5.82 Å². The molecule has 1 fully saturated rings. The van der Waals surface area contributed by atoms with Crippen LogP contribution < -0.4 is 5.32 Å². The Kier molecular flexibility index (Phi) is 2.69. The van der Waals surface area contributed by atoms with Crippen LogP contribution in [-0.4, -0.2) is 27.7 Å². The van der Waals surface area contributed by atoms with Crippen molar-refractivity contribution in [1.82, 2.24) is 14.9 Å². The Morgan fingerprint density at radius 3 is 3.12 bits per heavy atom. The maximum absolute atomic E-state index is 9.90. The predicted molar refractivity (Wildman–Crippen MR) is 61.3 cm³/mol. The molecule has 2 N–H and O–H groups in total. The van der Waals surface area contributed by atoms with Gasteiger partial charge in [-0.05, 0) is 32.2 Å². The first kappa shape index (κ1) is 10.3. The van der Waals surface area contributed by atoms with Crippen LogP contribution in [0.25, 0.3) is 0 Å². The van der Waals surface area contributed by atoms with E-state index in [1.807, 2.05) is 6.20 Å². The Morgan fingerprint density at radius 2 is 2.31 bits per heavy atom. The van der Waals surface area contributed by atoms with Crippen molar-refractivity contribution in [2.75, 3.05) is 13.1 Å². The van der Waals surface area contributed by atoms with E-state index in [9.17, 15) is 5.11 Å². The fourth-order valence-corrected chi connectivity index (χ4v) is 2.90. The molecule has 2 unspecified atom stereocenters. The molecule has 0 saturated carbocycles. The van der Waals surface area contributed by atoms with Crippen molar-refractivity contribution in [2.45, 2.75) is 44.2 Å². The average molecular weight is 221 g/mol. The molecule has 3 rings (SSSR count). The number of aromatic nitrogens is 2. The SMILES string of the molecule is OC1CCCn2c1cnc2C1CCCNC1. The highest BCUT2D eigenvalue weighted by Gasteiger charge is 2.26. The Hall–Kier alpha value is -0.870. The molecule has 88 valence electrons. The summed E-state index contributed by atoms with van der Waals surface area (Å²) in [6, 6.07) is 0. The highest BCUT2D eigenvalue weighted by atomic mass is 16.3. The summed E-state index contributed by atoms with van der Waals surface area (Å²) in [6.45, 7) is 3.19. The molecule has 0 radical (unpaired) electrons. The summed E-state index contributed by atoms with van der Waals surface area (Å²) in [5.41, 5.74) is 1.02. The van der Waals surface area contributed by atoms with Crippen molar-refractivity contribution in [1.29, 1.82) is 0 Å². The van der Waals surface area contributed by atoms with Gasteiger partial charge in [0, 0.05) is 19.0 Å². The molecule has 3 heterocycles. The number of aliphatic hydroxyl groups is 1. The van der Waals surface area contributed by atoms with Crippen molar-refractivity contribution >= 4 is 0 Å². The largest absolute Gasteiger partial charge is 0.387 e. The minimum Gasteiger partial charge on any atom is -0.387 e. The lowest BCUT2D eigenvalue weighted by Gasteiger charge is -2.26. The van der Waals surface area contributed by atoms with Gasteiger partial charge in [-0.1, -0.05) is 0 Å². The normalized spacial score (nSPS) is 30.1. The van der Waals surface area contributed by atoms with Gasteiger partial charge in [-0.25, -0.2) is 4.98 Å². The van der Waals surface area contributed by atoms with E-state index < -0.39 is 0 Å². The fraction of sp³-hybridized carbons (Fsp3) is 0.750. The lowest BCUT2D eigenvalue weighted by molar-refractivity contribution is 0.137. The third-order valence-corrected chi connectivity index (χ3v) is 3.78. The quantitative estimate of drug-likeness (QED) is 0.748. The molecule has 4 heteroatoms. The van der Waals surface area contributed by atoms with Gasteiger partial charge in [-0.3, -0.25) is 0 Å². The summed E-state index contributed by atoms with van der Waals surface area (Å²) in [4.78, 5) is 4.53.